The van der Waals surface area contributed by atoms with E-state index in [2.05, 4.69) is 38.2 Å². The van der Waals surface area contributed by atoms with Gasteiger partial charge in [-0.3, -0.25) is 0 Å². The van der Waals surface area contributed by atoms with Crippen LogP contribution < -0.4 is 10.1 Å². The molecule has 0 radical (unpaired) electrons. The van der Waals surface area contributed by atoms with Crippen LogP contribution in [-0.4, -0.2) is 39.4 Å². The molecule has 0 bridgehead atoms. The van der Waals surface area contributed by atoms with Crippen LogP contribution in [0.2, 0.25) is 0 Å². The summed E-state index contributed by atoms with van der Waals surface area (Å²) in [4.78, 5) is 9.06. The molecule has 0 atom stereocenters. The molecule has 4 aromatic rings. The van der Waals surface area contributed by atoms with Gasteiger partial charge in [-0.05, 0) is 43.2 Å². The van der Waals surface area contributed by atoms with Crippen molar-refractivity contribution in [1.82, 2.24) is 14.5 Å². The highest BCUT2D eigenvalue weighted by atomic mass is 16.5. The van der Waals surface area contributed by atoms with Crippen molar-refractivity contribution in [3.05, 3.63) is 67.1 Å². The molecular weight excluding hydrogens is 364 g/mol. The van der Waals surface area contributed by atoms with Gasteiger partial charge < -0.3 is 19.7 Å². The number of aliphatic hydroxyl groups is 1. The Kier molecular flexibility index (Phi) is 5.72. The van der Waals surface area contributed by atoms with Crippen LogP contribution in [0.3, 0.4) is 0 Å². The molecule has 2 aromatic heterocycles. The van der Waals surface area contributed by atoms with E-state index in [1.807, 2.05) is 49.4 Å². The smallest absolute Gasteiger partial charge is 0.150 e. The summed E-state index contributed by atoms with van der Waals surface area (Å²) in [5, 5.41) is 13.4. The Hall–Kier alpha value is -3.38. The van der Waals surface area contributed by atoms with Crippen LogP contribution in [0.15, 0.2) is 67.1 Å². The quantitative estimate of drug-likeness (QED) is 0.441. The molecule has 0 saturated carbocycles. The number of fused-ring (bicyclic) bond motifs is 1. The third kappa shape index (κ3) is 3.93. The van der Waals surface area contributed by atoms with Gasteiger partial charge in [0.2, 0.25) is 0 Å². The highest BCUT2D eigenvalue weighted by Crippen LogP contribution is 2.35. The molecule has 0 unspecified atom stereocenters. The first-order valence-electron chi connectivity index (χ1n) is 9.81. The van der Waals surface area contributed by atoms with Gasteiger partial charge in [0.15, 0.2) is 5.65 Å². The van der Waals surface area contributed by atoms with Crippen molar-refractivity contribution in [1.29, 1.82) is 0 Å². The summed E-state index contributed by atoms with van der Waals surface area (Å²) in [7, 11) is 0. The van der Waals surface area contributed by atoms with Crippen molar-refractivity contribution in [2.45, 2.75) is 13.3 Å². The van der Waals surface area contributed by atoms with Crippen LogP contribution >= 0.6 is 0 Å². The summed E-state index contributed by atoms with van der Waals surface area (Å²) < 4.78 is 7.64. The molecule has 148 valence electrons. The molecule has 6 nitrogen and oxygen atoms in total. The first-order chi connectivity index (χ1) is 14.3. The summed E-state index contributed by atoms with van der Waals surface area (Å²) >= 11 is 0. The summed E-state index contributed by atoms with van der Waals surface area (Å²) in [5.74, 6) is 1.61. The number of hydrogen-bond acceptors (Lipinski definition) is 5. The Labute approximate surface area is 169 Å². The van der Waals surface area contributed by atoms with Crippen molar-refractivity contribution in [2.75, 3.05) is 25.1 Å². The van der Waals surface area contributed by atoms with Gasteiger partial charge in [-0.2, -0.15) is 0 Å². The van der Waals surface area contributed by atoms with E-state index in [9.17, 15) is 0 Å². The number of aromatic nitrogens is 3. The number of nitrogens with one attached hydrogen (secondary N) is 1. The largest absolute Gasteiger partial charge is 0.494 e. The van der Waals surface area contributed by atoms with Crippen molar-refractivity contribution in [2.24, 2.45) is 0 Å². The molecule has 0 fully saturated rings. The monoisotopic (exact) mass is 388 g/mol. The second kappa shape index (κ2) is 8.75. The Morgan fingerprint density at radius 2 is 1.83 bits per heavy atom. The predicted molar refractivity (Wildman–Crippen MR) is 116 cm³/mol. The first kappa shape index (κ1) is 19.0. The molecule has 0 saturated heterocycles. The lowest BCUT2D eigenvalue weighted by molar-refractivity contribution is 0.292. The number of benzene rings is 2. The molecule has 2 heterocycles. The highest BCUT2D eigenvalue weighted by molar-refractivity contribution is 6.02. The minimum atomic E-state index is 0.139. The van der Waals surface area contributed by atoms with E-state index in [1.54, 1.807) is 6.33 Å². The lowest BCUT2D eigenvalue weighted by Crippen LogP contribution is -2.06. The zero-order valence-corrected chi connectivity index (χ0v) is 16.4. The lowest BCUT2D eigenvalue weighted by Gasteiger charge is -2.09. The fraction of sp³-hybridized carbons (Fsp3) is 0.217. The molecule has 2 N–H and O–H groups in total. The maximum absolute atomic E-state index is 9.12. The minimum Gasteiger partial charge on any atom is -0.494 e. The molecule has 0 aliphatic heterocycles. The van der Waals surface area contributed by atoms with Crippen molar-refractivity contribution in [3.63, 3.8) is 0 Å². The third-order valence-corrected chi connectivity index (χ3v) is 4.72. The summed E-state index contributed by atoms with van der Waals surface area (Å²) in [6.07, 6.45) is 4.33. The van der Waals surface area contributed by atoms with Crippen molar-refractivity contribution >= 4 is 16.9 Å². The second-order valence-electron chi connectivity index (χ2n) is 6.63. The van der Waals surface area contributed by atoms with E-state index < -0.39 is 0 Å². The Balaban J connectivity index is 1.86. The van der Waals surface area contributed by atoms with Gasteiger partial charge in [0.25, 0.3) is 0 Å². The van der Waals surface area contributed by atoms with E-state index in [1.165, 1.54) is 0 Å². The summed E-state index contributed by atoms with van der Waals surface area (Å²) in [5.41, 5.74) is 3.99. The summed E-state index contributed by atoms with van der Waals surface area (Å²) in [6, 6.07) is 18.2. The number of nitrogens with zero attached hydrogens (tertiary/aromatic N) is 3. The molecule has 0 aliphatic rings. The Morgan fingerprint density at radius 1 is 1.03 bits per heavy atom. The van der Waals surface area contributed by atoms with Gasteiger partial charge in [0.05, 0.1) is 12.0 Å². The van der Waals surface area contributed by atoms with Gasteiger partial charge in [-0.25, -0.2) is 9.97 Å². The van der Waals surface area contributed by atoms with Crippen LogP contribution in [0.1, 0.15) is 13.3 Å². The second-order valence-corrected chi connectivity index (χ2v) is 6.63. The number of anilines is 1. The molecule has 0 amide bonds. The molecule has 2 aromatic carbocycles. The molecular formula is C23H24N4O2. The van der Waals surface area contributed by atoms with E-state index in [0.717, 1.165) is 39.4 Å². The van der Waals surface area contributed by atoms with Crippen LogP contribution in [0.5, 0.6) is 5.75 Å². The first-order valence-corrected chi connectivity index (χ1v) is 9.81. The standard InChI is InChI=1S/C23H24N4O2/c1-2-29-19-11-9-18(10-12-19)27-15-20(17-7-4-3-5-8-17)21-22(24-13-6-14-28)25-16-26-23(21)27/h3-5,7-12,15-16,28H,2,6,13-14H2,1H3,(H,24,25,26). The van der Waals surface area contributed by atoms with Crippen LogP contribution in [0, 0.1) is 0 Å². The predicted octanol–water partition coefficient (Wildman–Crippen LogP) is 4.28. The molecule has 29 heavy (non-hydrogen) atoms. The fourth-order valence-corrected chi connectivity index (χ4v) is 3.38. The van der Waals surface area contributed by atoms with Crippen LogP contribution in [0.25, 0.3) is 27.8 Å². The molecule has 0 spiro atoms. The zero-order valence-electron chi connectivity index (χ0n) is 16.4. The van der Waals surface area contributed by atoms with Gasteiger partial charge in [-0.15, -0.1) is 0 Å². The molecule has 6 heteroatoms. The van der Waals surface area contributed by atoms with Crippen molar-refractivity contribution in [3.8, 4) is 22.6 Å². The van der Waals surface area contributed by atoms with Crippen molar-refractivity contribution < 1.29 is 9.84 Å². The number of aliphatic hydroxyl groups excluding tert-OH is 1. The Bertz CT molecular complexity index is 1080. The zero-order chi connectivity index (χ0) is 20.1. The van der Waals surface area contributed by atoms with E-state index >= 15 is 0 Å². The SMILES string of the molecule is CCOc1ccc(-n2cc(-c3ccccc3)c3c(NCCCO)ncnc32)cc1. The average Bonchev–Trinajstić information content (AvgIpc) is 3.16. The maximum atomic E-state index is 9.12. The van der Waals surface area contributed by atoms with Crippen LogP contribution in [-0.2, 0) is 0 Å². The number of rotatable bonds is 8. The number of ether oxygens (including phenoxy) is 1. The molecule has 0 aliphatic carbocycles. The number of hydrogen-bond donors (Lipinski definition) is 2. The van der Waals surface area contributed by atoms with Gasteiger partial charge in [-0.1, -0.05) is 30.3 Å². The van der Waals surface area contributed by atoms with E-state index in [-0.39, 0.29) is 6.61 Å². The van der Waals surface area contributed by atoms with Gasteiger partial charge >= 0.3 is 0 Å². The lowest BCUT2D eigenvalue weighted by atomic mass is 10.1. The van der Waals surface area contributed by atoms with Gasteiger partial charge in [0.1, 0.15) is 17.9 Å². The highest BCUT2D eigenvalue weighted by Gasteiger charge is 2.17. The third-order valence-electron chi connectivity index (χ3n) is 4.72. The molecule has 4 rings (SSSR count). The topological polar surface area (TPSA) is 72.2 Å². The summed E-state index contributed by atoms with van der Waals surface area (Å²) in [6.45, 7) is 3.40. The van der Waals surface area contributed by atoms with E-state index in [4.69, 9.17) is 9.84 Å². The fourth-order valence-electron chi connectivity index (χ4n) is 3.38. The minimum absolute atomic E-state index is 0.139. The van der Waals surface area contributed by atoms with Gasteiger partial charge in [0, 0.05) is 30.6 Å². The van der Waals surface area contributed by atoms with E-state index in [0.29, 0.717) is 19.6 Å². The normalized spacial score (nSPS) is 11.0. The average molecular weight is 388 g/mol. The Morgan fingerprint density at radius 3 is 2.55 bits per heavy atom. The van der Waals surface area contributed by atoms with Crippen LogP contribution in [0.4, 0.5) is 5.82 Å². The maximum Gasteiger partial charge on any atom is 0.150 e.